The van der Waals surface area contributed by atoms with E-state index in [0.717, 1.165) is 10.5 Å². The van der Waals surface area contributed by atoms with E-state index < -0.39 is 5.97 Å². The van der Waals surface area contributed by atoms with E-state index in [1.54, 1.807) is 11.8 Å². The first-order valence-electron chi connectivity index (χ1n) is 6.37. The lowest BCUT2D eigenvalue weighted by Gasteiger charge is -2.11. The predicted octanol–water partition coefficient (Wildman–Crippen LogP) is 2.61. The Hall–Kier alpha value is -2.34. The molecule has 3 rings (SSSR count). The van der Waals surface area contributed by atoms with Crippen LogP contribution < -0.4 is 5.32 Å². The van der Waals surface area contributed by atoms with Crippen molar-refractivity contribution in [2.45, 2.75) is 10.8 Å². The average Bonchev–Trinajstić information content (AvgIpc) is 2.92. The number of carboxylic acid groups (broad SMARTS) is 1. The molecular formula is C15H12N2O3S. The molecule has 1 aliphatic heterocycles. The van der Waals surface area contributed by atoms with Crippen LogP contribution in [0.3, 0.4) is 0 Å². The number of amides is 1. The Morgan fingerprint density at radius 3 is 2.76 bits per heavy atom. The Morgan fingerprint density at radius 2 is 2.05 bits per heavy atom. The quantitative estimate of drug-likeness (QED) is 0.911. The van der Waals surface area contributed by atoms with Crippen molar-refractivity contribution >= 4 is 29.5 Å². The van der Waals surface area contributed by atoms with Crippen LogP contribution in [0.25, 0.3) is 0 Å². The van der Waals surface area contributed by atoms with E-state index in [9.17, 15) is 9.59 Å². The summed E-state index contributed by atoms with van der Waals surface area (Å²) in [6.45, 7) is 0. The van der Waals surface area contributed by atoms with Gasteiger partial charge in [-0.05, 0) is 23.8 Å². The predicted molar refractivity (Wildman–Crippen MR) is 79.7 cm³/mol. The van der Waals surface area contributed by atoms with Crippen LogP contribution in [0.4, 0.5) is 5.82 Å². The molecule has 1 aromatic carbocycles. The van der Waals surface area contributed by atoms with Gasteiger partial charge in [0, 0.05) is 16.8 Å². The SMILES string of the molecule is O=C(O)c1ccc(NC(=O)C2CSc3ccccc32)nc1. The van der Waals surface area contributed by atoms with Gasteiger partial charge in [0.25, 0.3) is 0 Å². The van der Waals surface area contributed by atoms with E-state index in [-0.39, 0.29) is 17.4 Å². The highest BCUT2D eigenvalue weighted by molar-refractivity contribution is 7.99. The van der Waals surface area contributed by atoms with E-state index in [2.05, 4.69) is 10.3 Å². The third-order valence-electron chi connectivity index (χ3n) is 3.28. The van der Waals surface area contributed by atoms with Crippen LogP contribution in [-0.2, 0) is 4.79 Å². The maximum absolute atomic E-state index is 12.3. The lowest BCUT2D eigenvalue weighted by atomic mass is 10.0. The second kappa shape index (κ2) is 5.57. The molecule has 2 aromatic rings. The zero-order valence-corrected chi connectivity index (χ0v) is 11.8. The van der Waals surface area contributed by atoms with Crippen molar-refractivity contribution in [3.05, 3.63) is 53.7 Å². The Labute approximate surface area is 125 Å². The van der Waals surface area contributed by atoms with Gasteiger partial charge in [-0.15, -0.1) is 11.8 Å². The topological polar surface area (TPSA) is 79.3 Å². The molecule has 0 saturated heterocycles. The molecule has 21 heavy (non-hydrogen) atoms. The number of rotatable bonds is 3. The van der Waals surface area contributed by atoms with Crippen LogP contribution >= 0.6 is 11.8 Å². The largest absolute Gasteiger partial charge is 0.478 e. The summed E-state index contributed by atoms with van der Waals surface area (Å²) in [5, 5.41) is 11.5. The van der Waals surface area contributed by atoms with Gasteiger partial charge in [-0.25, -0.2) is 9.78 Å². The Morgan fingerprint density at radius 1 is 1.24 bits per heavy atom. The molecule has 1 aromatic heterocycles. The molecule has 1 aliphatic rings. The smallest absolute Gasteiger partial charge is 0.337 e. The minimum Gasteiger partial charge on any atom is -0.478 e. The van der Waals surface area contributed by atoms with Crippen LogP contribution in [0.15, 0.2) is 47.5 Å². The van der Waals surface area contributed by atoms with Crippen molar-refractivity contribution in [1.82, 2.24) is 4.98 Å². The summed E-state index contributed by atoms with van der Waals surface area (Å²) in [7, 11) is 0. The number of pyridine rings is 1. The zero-order chi connectivity index (χ0) is 14.8. The summed E-state index contributed by atoms with van der Waals surface area (Å²) >= 11 is 1.66. The Kier molecular flexibility index (Phi) is 3.62. The molecule has 0 aliphatic carbocycles. The van der Waals surface area contributed by atoms with Gasteiger partial charge in [0.2, 0.25) is 5.91 Å². The van der Waals surface area contributed by atoms with Crippen molar-refractivity contribution in [1.29, 1.82) is 0 Å². The highest BCUT2D eigenvalue weighted by Gasteiger charge is 2.29. The molecule has 2 N–H and O–H groups in total. The molecule has 1 atom stereocenters. The number of aromatic carboxylic acids is 1. The summed E-state index contributed by atoms with van der Waals surface area (Å²) in [5.41, 5.74) is 1.12. The highest BCUT2D eigenvalue weighted by Crippen LogP contribution is 2.39. The molecule has 2 heterocycles. The molecule has 0 saturated carbocycles. The monoisotopic (exact) mass is 300 g/mol. The highest BCUT2D eigenvalue weighted by atomic mass is 32.2. The molecule has 1 unspecified atom stereocenters. The van der Waals surface area contributed by atoms with Crippen molar-refractivity contribution in [3.8, 4) is 0 Å². The molecule has 0 radical (unpaired) electrons. The third-order valence-corrected chi connectivity index (χ3v) is 4.46. The van der Waals surface area contributed by atoms with Gasteiger partial charge in [0.15, 0.2) is 0 Å². The van der Waals surface area contributed by atoms with Crippen molar-refractivity contribution in [2.75, 3.05) is 11.1 Å². The van der Waals surface area contributed by atoms with Gasteiger partial charge >= 0.3 is 5.97 Å². The number of carbonyl (C=O) groups excluding carboxylic acids is 1. The van der Waals surface area contributed by atoms with E-state index in [1.807, 2.05) is 24.3 Å². The van der Waals surface area contributed by atoms with E-state index in [4.69, 9.17) is 5.11 Å². The maximum Gasteiger partial charge on any atom is 0.337 e. The van der Waals surface area contributed by atoms with Crippen molar-refractivity contribution < 1.29 is 14.7 Å². The number of anilines is 1. The molecule has 0 spiro atoms. The first-order chi connectivity index (χ1) is 10.1. The number of thioether (sulfide) groups is 1. The van der Waals surface area contributed by atoms with Gasteiger partial charge in [-0.3, -0.25) is 4.79 Å². The second-order valence-electron chi connectivity index (χ2n) is 4.63. The number of fused-ring (bicyclic) bond motifs is 1. The van der Waals surface area contributed by atoms with E-state index in [1.165, 1.54) is 18.3 Å². The molecule has 0 fully saturated rings. The van der Waals surface area contributed by atoms with Crippen LogP contribution in [0.2, 0.25) is 0 Å². The Balaban J connectivity index is 1.74. The third kappa shape index (κ3) is 2.75. The lowest BCUT2D eigenvalue weighted by molar-refractivity contribution is -0.117. The number of nitrogens with one attached hydrogen (secondary N) is 1. The van der Waals surface area contributed by atoms with Gasteiger partial charge in [-0.2, -0.15) is 0 Å². The number of carbonyl (C=O) groups is 2. The standard InChI is InChI=1S/C15H12N2O3S/c18-14(11-8-21-12-4-2-1-3-10(11)12)17-13-6-5-9(7-16-13)15(19)20/h1-7,11H,8H2,(H,19,20)(H,16,17,18). The molecule has 106 valence electrons. The Bertz CT molecular complexity index is 700. The summed E-state index contributed by atoms with van der Waals surface area (Å²) < 4.78 is 0. The summed E-state index contributed by atoms with van der Waals surface area (Å²) in [5.74, 6) is -0.297. The number of nitrogens with zero attached hydrogens (tertiary/aromatic N) is 1. The minimum absolute atomic E-state index is 0.0924. The second-order valence-corrected chi connectivity index (χ2v) is 5.69. The van der Waals surface area contributed by atoms with Gasteiger partial charge < -0.3 is 10.4 Å². The summed E-state index contributed by atoms with van der Waals surface area (Å²) in [4.78, 5) is 28.1. The molecule has 5 nitrogen and oxygen atoms in total. The molecular weight excluding hydrogens is 288 g/mol. The number of benzene rings is 1. The van der Waals surface area contributed by atoms with Gasteiger partial charge in [0.05, 0.1) is 11.5 Å². The van der Waals surface area contributed by atoms with Crippen LogP contribution in [-0.4, -0.2) is 27.7 Å². The average molecular weight is 300 g/mol. The fraction of sp³-hybridized carbons (Fsp3) is 0.133. The minimum atomic E-state index is -1.04. The normalized spacial score (nSPS) is 16.3. The number of carboxylic acids is 1. The number of aromatic nitrogens is 1. The summed E-state index contributed by atoms with van der Waals surface area (Å²) in [6.07, 6.45) is 1.23. The van der Waals surface area contributed by atoms with Crippen LogP contribution in [0, 0.1) is 0 Å². The van der Waals surface area contributed by atoms with E-state index in [0.29, 0.717) is 11.6 Å². The van der Waals surface area contributed by atoms with Gasteiger partial charge in [-0.1, -0.05) is 18.2 Å². The van der Waals surface area contributed by atoms with Crippen LogP contribution in [0.5, 0.6) is 0 Å². The molecule has 1 amide bonds. The zero-order valence-electron chi connectivity index (χ0n) is 10.9. The molecule has 6 heteroatoms. The first-order valence-corrected chi connectivity index (χ1v) is 7.35. The van der Waals surface area contributed by atoms with Crippen LogP contribution in [0.1, 0.15) is 21.8 Å². The lowest BCUT2D eigenvalue weighted by Crippen LogP contribution is -2.21. The number of hydrogen-bond acceptors (Lipinski definition) is 4. The fourth-order valence-electron chi connectivity index (χ4n) is 2.19. The first kappa shape index (κ1) is 13.6. The van der Waals surface area contributed by atoms with Crippen molar-refractivity contribution in [2.24, 2.45) is 0 Å². The fourth-order valence-corrected chi connectivity index (χ4v) is 3.42. The maximum atomic E-state index is 12.3. The number of hydrogen-bond donors (Lipinski definition) is 2. The van der Waals surface area contributed by atoms with E-state index >= 15 is 0 Å². The molecule has 0 bridgehead atoms. The van der Waals surface area contributed by atoms with Gasteiger partial charge in [0.1, 0.15) is 5.82 Å². The summed E-state index contributed by atoms with van der Waals surface area (Å²) in [6, 6.07) is 10.8. The van der Waals surface area contributed by atoms with Crippen molar-refractivity contribution in [3.63, 3.8) is 0 Å².